The summed E-state index contributed by atoms with van der Waals surface area (Å²) in [6, 6.07) is 5.44. The largest absolute Gasteiger partial charge is 0.325 e. The molecule has 0 spiro atoms. The molecular formula is C10H13NO4S. The second-order valence-corrected chi connectivity index (χ2v) is 4.99. The van der Waals surface area contributed by atoms with E-state index >= 15 is 0 Å². The third-order valence-corrected chi connectivity index (χ3v) is 2.69. The van der Waals surface area contributed by atoms with Gasteiger partial charge in [-0.3, -0.25) is 9.35 Å². The Morgan fingerprint density at radius 3 is 2.25 bits per heavy atom. The molecule has 5 nitrogen and oxygen atoms in total. The first-order valence-electron chi connectivity index (χ1n) is 4.61. The van der Waals surface area contributed by atoms with Crippen LogP contribution in [0, 0.1) is 13.8 Å². The molecule has 1 amide bonds. The van der Waals surface area contributed by atoms with Crippen molar-refractivity contribution in [3.63, 3.8) is 0 Å². The maximum absolute atomic E-state index is 11.3. The summed E-state index contributed by atoms with van der Waals surface area (Å²) in [6.45, 7) is 3.60. The average molecular weight is 243 g/mol. The van der Waals surface area contributed by atoms with E-state index in [2.05, 4.69) is 5.32 Å². The molecule has 0 atom stereocenters. The molecule has 0 aliphatic heterocycles. The molecule has 6 heteroatoms. The molecule has 0 aromatic heterocycles. The molecule has 0 fully saturated rings. The third kappa shape index (κ3) is 3.63. The van der Waals surface area contributed by atoms with E-state index in [1.165, 1.54) is 0 Å². The maximum atomic E-state index is 11.3. The van der Waals surface area contributed by atoms with Crippen molar-refractivity contribution in [2.75, 3.05) is 11.1 Å². The molecule has 1 aromatic rings. The Labute approximate surface area is 94.2 Å². The minimum absolute atomic E-state index is 0.580. The van der Waals surface area contributed by atoms with Crippen molar-refractivity contribution < 1.29 is 17.8 Å². The molecule has 2 N–H and O–H groups in total. The molecule has 0 aliphatic rings. The monoisotopic (exact) mass is 243 g/mol. The van der Waals surface area contributed by atoms with Gasteiger partial charge >= 0.3 is 0 Å². The van der Waals surface area contributed by atoms with Crippen LogP contribution in [0.15, 0.2) is 18.2 Å². The van der Waals surface area contributed by atoms with Crippen LogP contribution < -0.4 is 5.32 Å². The number of carbonyl (C=O) groups is 1. The second kappa shape index (κ2) is 4.63. The van der Waals surface area contributed by atoms with Gasteiger partial charge in [-0.1, -0.05) is 18.2 Å². The molecule has 0 bridgehead atoms. The lowest BCUT2D eigenvalue weighted by Gasteiger charge is -2.10. The van der Waals surface area contributed by atoms with Gasteiger partial charge in [0.05, 0.1) is 0 Å². The summed E-state index contributed by atoms with van der Waals surface area (Å²) < 4.78 is 29.5. The number of aryl methyl sites for hydroxylation is 2. The first-order valence-corrected chi connectivity index (χ1v) is 6.22. The Hall–Kier alpha value is -1.40. The lowest BCUT2D eigenvalue weighted by atomic mass is 10.1. The van der Waals surface area contributed by atoms with Gasteiger partial charge < -0.3 is 5.32 Å². The fraction of sp³-hybridized carbons (Fsp3) is 0.300. The molecule has 0 radical (unpaired) electrons. The zero-order chi connectivity index (χ0) is 12.3. The minimum Gasteiger partial charge on any atom is -0.325 e. The average Bonchev–Trinajstić information content (AvgIpc) is 2.08. The number of amides is 1. The smallest absolute Gasteiger partial charge is 0.274 e. The predicted molar refractivity (Wildman–Crippen MR) is 61.0 cm³/mol. The van der Waals surface area contributed by atoms with Gasteiger partial charge in [-0.25, -0.2) is 0 Å². The highest BCUT2D eigenvalue weighted by Crippen LogP contribution is 2.19. The zero-order valence-corrected chi connectivity index (χ0v) is 9.84. The van der Waals surface area contributed by atoms with Gasteiger partial charge in [-0.15, -0.1) is 0 Å². The van der Waals surface area contributed by atoms with Crippen molar-refractivity contribution in [2.45, 2.75) is 13.8 Å². The van der Waals surface area contributed by atoms with E-state index in [0.717, 1.165) is 11.1 Å². The molecule has 0 unspecified atom stereocenters. The van der Waals surface area contributed by atoms with Crippen LogP contribution in [0.5, 0.6) is 0 Å². The van der Waals surface area contributed by atoms with Crippen molar-refractivity contribution >= 4 is 21.7 Å². The number of benzene rings is 1. The van der Waals surface area contributed by atoms with Crippen molar-refractivity contribution in [1.29, 1.82) is 0 Å². The van der Waals surface area contributed by atoms with Crippen LogP contribution in [0.4, 0.5) is 5.69 Å². The summed E-state index contributed by atoms with van der Waals surface area (Å²) in [4.78, 5) is 11.3. The van der Waals surface area contributed by atoms with E-state index < -0.39 is 21.8 Å². The van der Waals surface area contributed by atoms with Gasteiger partial charge in [-0.2, -0.15) is 8.42 Å². The van der Waals surface area contributed by atoms with Crippen molar-refractivity contribution in [3.05, 3.63) is 29.3 Å². The van der Waals surface area contributed by atoms with E-state index in [0.29, 0.717) is 5.69 Å². The number of hydrogen-bond acceptors (Lipinski definition) is 3. The van der Waals surface area contributed by atoms with Crippen LogP contribution in [-0.2, 0) is 14.9 Å². The normalized spacial score (nSPS) is 11.2. The Morgan fingerprint density at radius 2 is 1.81 bits per heavy atom. The van der Waals surface area contributed by atoms with E-state index in [1.54, 1.807) is 26.0 Å². The quantitative estimate of drug-likeness (QED) is 0.779. The molecule has 16 heavy (non-hydrogen) atoms. The molecule has 1 rings (SSSR count). The highest BCUT2D eigenvalue weighted by atomic mass is 32.2. The Bertz CT molecular complexity index is 487. The molecule has 1 aromatic carbocycles. The van der Waals surface area contributed by atoms with Gasteiger partial charge in [0.15, 0.2) is 5.75 Å². The molecule has 0 heterocycles. The molecule has 0 saturated heterocycles. The standard InChI is InChI=1S/C10H13NO4S/c1-7-4-3-5-8(2)10(7)11-9(12)6-16(13,14)15/h3-5H,6H2,1-2H3,(H,11,12)(H,13,14,15). The predicted octanol–water partition coefficient (Wildman–Crippen LogP) is 1.13. The van der Waals surface area contributed by atoms with Crippen molar-refractivity contribution in [2.24, 2.45) is 0 Å². The number of nitrogens with one attached hydrogen (secondary N) is 1. The van der Waals surface area contributed by atoms with Crippen LogP contribution in [0.3, 0.4) is 0 Å². The first-order chi connectivity index (χ1) is 7.29. The Morgan fingerprint density at radius 1 is 1.31 bits per heavy atom. The summed E-state index contributed by atoms with van der Waals surface area (Å²) in [5, 5.41) is 2.46. The van der Waals surface area contributed by atoms with Crippen LogP contribution in [0.1, 0.15) is 11.1 Å². The Kier molecular flexibility index (Phi) is 3.66. The van der Waals surface area contributed by atoms with Gasteiger partial charge in [0.2, 0.25) is 5.91 Å². The fourth-order valence-electron chi connectivity index (χ4n) is 1.35. The van der Waals surface area contributed by atoms with Crippen LogP contribution in [0.25, 0.3) is 0 Å². The lowest BCUT2D eigenvalue weighted by molar-refractivity contribution is -0.113. The van der Waals surface area contributed by atoms with Crippen LogP contribution in [0.2, 0.25) is 0 Å². The van der Waals surface area contributed by atoms with E-state index in [-0.39, 0.29) is 0 Å². The minimum atomic E-state index is -4.28. The summed E-state index contributed by atoms with van der Waals surface area (Å²) in [7, 11) is -4.28. The summed E-state index contributed by atoms with van der Waals surface area (Å²) in [6.07, 6.45) is 0. The molecule has 88 valence electrons. The molecular weight excluding hydrogens is 230 g/mol. The van der Waals surface area contributed by atoms with Crippen molar-refractivity contribution in [3.8, 4) is 0 Å². The number of anilines is 1. The Balaban J connectivity index is 2.86. The van der Waals surface area contributed by atoms with Crippen LogP contribution in [-0.4, -0.2) is 24.6 Å². The second-order valence-electron chi connectivity index (χ2n) is 3.54. The van der Waals surface area contributed by atoms with Gasteiger partial charge in [-0.05, 0) is 25.0 Å². The zero-order valence-electron chi connectivity index (χ0n) is 9.02. The van der Waals surface area contributed by atoms with Gasteiger partial charge in [0.25, 0.3) is 10.1 Å². The van der Waals surface area contributed by atoms with Gasteiger partial charge in [0.1, 0.15) is 0 Å². The van der Waals surface area contributed by atoms with Crippen LogP contribution >= 0.6 is 0 Å². The number of para-hydroxylation sites is 1. The summed E-state index contributed by atoms with van der Waals surface area (Å²) in [5.41, 5.74) is 2.25. The fourth-order valence-corrected chi connectivity index (χ4v) is 1.76. The maximum Gasteiger partial charge on any atom is 0.274 e. The van der Waals surface area contributed by atoms with E-state index in [1.807, 2.05) is 6.07 Å². The number of rotatable bonds is 3. The van der Waals surface area contributed by atoms with Gasteiger partial charge in [0, 0.05) is 5.69 Å². The third-order valence-electron chi connectivity index (χ3n) is 2.06. The lowest BCUT2D eigenvalue weighted by Crippen LogP contribution is -2.23. The first kappa shape index (κ1) is 12.7. The summed E-state index contributed by atoms with van der Waals surface area (Å²) in [5.74, 6) is -1.68. The topological polar surface area (TPSA) is 83.5 Å². The number of carbonyl (C=O) groups excluding carboxylic acids is 1. The molecule has 0 saturated carbocycles. The molecule has 0 aliphatic carbocycles. The van der Waals surface area contributed by atoms with Crippen molar-refractivity contribution in [1.82, 2.24) is 0 Å². The highest BCUT2D eigenvalue weighted by Gasteiger charge is 2.14. The number of hydrogen-bond donors (Lipinski definition) is 2. The highest BCUT2D eigenvalue weighted by molar-refractivity contribution is 7.86. The summed E-state index contributed by atoms with van der Waals surface area (Å²) >= 11 is 0. The van der Waals surface area contributed by atoms with E-state index in [9.17, 15) is 13.2 Å². The van der Waals surface area contributed by atoms with E-state index in [4.69, 9.17) is 4.55 Å². The SMILES string of the molecule is Cc1cccc(C)c1NC(=O)CS(=O)(=O)O.